The molecule has 0 saturated carbocycles. The number of hydrogen-bond acceptors (Lipinski definition) is 5. The van der Waals surface area contributed by atoms with Crippen LogP contribution >= 0.6 is 12.6 Å². The first-order valence-corrected chi connectivity index (χ1v) is 7.93. The number of benzene rings is 1. The number of Topliss-reactive ketones (excluding diaryl/α,β-unsaturated/α-hetero) is 1. The Morgan fingerprint density at radius 2 is 1.79 bits per heavy atom. The van der Waals surface area contributed by atoms with Crippen LogP contribution < -0.4 is 0 Å². The van der Waals surface area contributed by atoms with Crippen LogP contribution in [0.2, 0.25) is 0 Å². The number of carboxylic acids is 1. The predicted octanol–water partition coefficient (Wildman–Crippen LogP) is 0.832. The van der Waals surface area contributed by atoms with Crippen molar-refractivity contribution in [2.45, 2.75) is 11.3 Å². The number of carboxylic acid groups (broad SMARTS) is 1. The van der Waals surface area contributed by atoms with Crippen LogP contribution in [0.1, 0.15) is 5.56 Å². The first-order valence-electron chi connectivity index (χ1n) is 5.41. The lowest BCUT2D eigenvalue weighted by atomic mass is 9.96. The molecule has 0 aliphatic rings. The largest absolute Gasteiger partial charge is 0.481 e. The molecule has 104 valence electrons. The van der Waals surface area contributed by atoms with E-state index in [1.165, 1.54) is 24.3 Å². The van der Waals surface area contributed by atoms with Crippen molar-refractivity contribution in [3.05, 3.63) is 29.8 Å². The molecule has 1 atom stereocenters. The van der Waals surface area contributed by atoms with Gasteiger partial charge in [0.25, 0.3) is 0 Å². The van der Waals surface area contributed by atoms with Crippen molar-refractivity contribution in [3.8, 4) is 0 Å². The highest BCUT2D eigenvalue weighted by Gasteiger charge is 2.25. The molecule has 1 rings (SSSR count). The van der Waals surface area contributed by atoms with Gasteiger partial charge in [-0.2, -0.15) is 12.6 Å². The van der Waals surface area contributed by atoms with E-state index in [9.17, 15) is 18.0 Å². The minimum Gasteiger partial charge on any atom is -0.481 e. The van der Waals surface area contributed by atoms with E-state index < -0.39 is 27.5 Å². The first-order chi connectivity index (χ1) is 8.75. The van der Waals surface area contributed by atoms with Gasteiger partial charge in [0.1, 0.15) is 5.92 Å². The fraction of sp³-hybridized carbons (Fsp3) is 0.333. The molecular formula is C12H14O5S2. The number of sulfone groups is 1. The SMILES string of the molecule is CS(=O)(=O)c1ccc(CC(C(=O)O)C(=O)CS)cc1. The number of ketones is 1. The fourth-order valence-electron chi connectivity index (χ4n) is 1.56. The quantitative estimate of drug-likeness (QED) is 0.600. The van der Waals surface area contributed by atoms with Gasteiger partial charge in [-0.1, -0.05) is 12.1 Å². The summed E-state index contributed by atoms with van der Waals surface area (Å²) < 4.78 is 22.5. The van der Waals surface area contributed by atoms with Crippen LogP contribution in [0.15, 0.2) is 29.2 Å². The molecule has 19 heavy (non-hydrogen) atoms. The zero-order valence-electron chi connectivity index (χ0n) is 10.2. The number of thiol groups is 1. The van der Waals surface area contributed by atoms with Gasteiger partial charge in [-0.15, -0.1) is 0 Å². The van der Waals surface area contributed by atoms with Gasteiger partial charge in [0.05, 0.1) is 10.6 Å². The molecule has 0 saturated heterocycles. The lowest BCUT2D eigenvalue weighted by molar-refractivity contribution is -0.145. The maximum absolute atomic E-state index is 11.4. The van der Waals surface area contributed by atoms with E-state index >= 15 is 0 Å². The highest BCUT2D eigenvalue weighted by molar-refractivity contribution is 7.90. The van der Waals surface area contributed by atoms with Crippen molar-refractivity contribution in [3.63, 3.8) is 0 Å². The normalized spacial score (nSPS) is 12.9. The second kappa shape index (κ2) is 6.21. The van der Waals surface area contributed by atoms with E-state index in [4.69, 9.17) is 5.11 Å². The van der Waals surface area contributed by atoms with Gasteiger partial charge in [0.15, 0.2) is 15.6 Å². The summed E-state index contributed by atoms with van der Waals surface area (Å²) in [5.74, 6) is -2.96. The molecule has 0 amide bonds. The molecule has 0 bridgehead atoms. The molecule has 1 aromatic rings. The summed E-state index contributed by atoms with van der Waals surface area (Å²) >= 11 is 3.78. The molecule has 0 spiro atoms. The first kappa shape index (κ1) is 15.7. The van der Waals surface area contributed by atoms with Gasteiger partial charge in [-0.05, 0) is 24.1 Å². The number of aliphatic carboxylic acids is 1. The van der Waals surface area contributed by atoms with Gasteiger partial charge in [-0.25, -0.2) is 8.42 Å². The van der Waals surface area contributed by atoms with Crippen molar-refractivity contribution in [1.82, 2.24) is 0 Å². The Hall–Kier alpha value is -1.34. The predicted molar refractivity (Wildman–Crippen MR) is 73.2 cm³/mol. The van der Waals surface area contributed by atoms with Gasteiger partial charge >= 0.3 is 5.97 Å². The number of carbonyl (C=O) groups excluding carboxylic acids is 1. The van der Waals surface area contributed by atoms with E-state index in [1.54, 1.807) is 0 Å². The van der Waals surface area contributed by atoms with Crippen molar-refractivity contribution >= 4 is 34.2 Å². The minimum atomic E-state index is -3.28. The summed E-state index contributed by atoms with van der Waals surface area (Å²) in [5, 5.41) is 8.97. The van der Waals surface area contributed by atoms with Gasteiger partial charge in [-0.3, -0.25) is 9.59 Å². The monoisotopic (exact) mass is 302 g/mol. The lowest BCUT2D eigenvalue weighted by Crippen LogP contribution is -2.27. The smallest absolute Gasteiger partial charge is 0.314 e. The summed E-state index contributed by atoms with van der Waals surface area (Å²) in [7, 11) is -3.28. The molecule has 0 aliphatic carbocycles. The Bertz CT molecular complexity index is 575. The van der Waals surface area contributed by atoms with Gasteiger partial charge in [0, 0.05) is 6.26 Å². The Morgan fingerprint density at radius 1 is 1.26 bits per heavy atom. The molecule has 1 unspecified atom stereocenters. The van der Waals surface area contributed by atoms with Crippen LogP contribution in [-0.2, 0) is 25.8 Å². The summed E-state index contributed by atoms with van der Waals surface area (Å²) in [4.78, 5) is 22.6. The fourth-order valence-corrected chi connectivity index (χ4v) is 2.41. The van der Waals surface area contributed by atoms with Crippen molar-refractivity contribution in [2.75, 3.05) is 12.0 Å². The molecule has 1 aromatic carbocycles. The Morgan fingerprint density at radius 3 is 2.16 bits per heavy atom. The van der Waals surface area contributed by atoms with Crippen LogP contribution in [0, 0.1) is 5.92 Å². The van der Waals surface area contributed by atoms with Crippen LogP contribution in [0.3, 0.4) is 0 Å². The number of rotatable bonds is 6. The molecule has 0 aromatic heterocycles. The second-order valence-corrected chi connectivity index (χ2v) is 6.47. The van der Waals surface area contributed by atoms with E-state index in [-0.39, 0.29) is 17.1 Å². The van der Waals surface area contributed by atoms with Crippen molar-refractivity contribution < 1.29 is 23.1 Å². The van der Waals surface area contributed by atoms with Crippen molar-refractivity contribution in [2.24, 2.45) is 5.92 Å². The van der Waals surface area contributed by atoms with Gasteiger partial charge < -0.3 is 5.11 Å². The average molecular weight is 302 g/mol. The summed E-state index contributed by atoms with van der Waals surface area (Å²) in [5.41, 5.74) is 0.593. The van der Waals surface area contributed by atoms with E-state index in [1.807, 2.05) is 0 Å². The third-order valence-corrected chi connectivity index (χ3v) is 4.07. The molecule has 0 fully saturated rings. The standard InChI is InChI=1S/C12H14O5S2/c1-19(16,17)9-4-2-8(3-5-9)6-10(12(14)15)11(13)7-18/h2-5,10,18H,6-7H2,1H3,(H,14,15). The highest BCUT2D eigenvalue weighted by Crippen LogP contribution is 2.15. The minimum absolute atomic E-state index is 0.0266. The maximum atomic E-state index is 11.4. The Balaban J connectivity index is 2.93. The van der Waals surface area contributed by atoms with Crippen molar-refractivity contribution in [1.29, 1.82) is 0 Å². The highest BCUT2D eigenvalue weighted by atomic mass is 32.2. The Kier molecular flexibility index (Phi) is 5.13. The molecule has 5 nitrogen and oxygen atoms in total. The van der Waals surface area contributed by atoms with Crippen LogP contribution in [0.25, 0.3) is 0 Å². The van der Waals surface area contributed by atoms with E-state index in [0.29, 0.717) is 5.56 Å². The van der Waals surface area contributed by atoms with E-state index in [0.717, 1.165) is 6.26 Å². The lowest BCUT2D eigenvalue weighted by Gasteiger charge is -2.10. The molecule has 0 aliphatic heterocycles. The van der Waals surface area contributed by atoms with Crippen LogP contribution in [-0.4, -0.2) is 37.3 Å². The Labute approximate surface area is 117 Å². The van der Waals surface area contributed by atoms with Crippen LogP contribution in [0.5, 0.6) is 0 Å². The molecule has 0 heterocycles. The molecule has 7 heteroatoms. The van der Waals surface area contributed by atoms with Crippen LogP contribution in [0.4, 0.5) is 0 Å². The van der Waals surface area contributed by atoms with E-state index in [2.05, 4.69) is 12.6 Å². The third-order valence-electron chi connectivity index (χ3n) is 2.63. The zero-order valence-corrected chi connectivity index (χ0v) is 11.9. The molecule has 1 N–H and O–H groups in total. The summed E-state index contributed by atoms with van der Waals surface area (Å²) in [6.07, 6.45) is 1.12. The number of carbonyl (C=O) groups is 2. The topological polar surface area (TPSA) is 88.5 Å². The molecular weight excluding hydrogens is 288 g/mol. The average Bonchev–Trinajstić information content (AvgIpc) is 2.34. The van der Waals surface area contributed by atoms with Gasteiger partial charge in [0.2, 0.25) is 0 Å². The second-order valence-electron chi connectivity index (χ2n) is 4.14. The maximum Gasteiger partial charge on any atom is 0.314 e. The number of hydrogen-bond donors (Lipinski definition) is 2. The summed E-state index contributed by atoms with van der Waals surface area (Å²) in [6.45, 7) is 0. The zero-order chi connectivity index (χ0) is 14.6. The third kappa shape index (κ3) is 4.36. The summed E-state index contributed by atoms with van der Waals surface area (Å²) in [6, 6.07) is 5.82. The molecule has 0 radical (unpaired) electrons.